The molecule has 0 amide bonds. The number of phenolic OH excluding ortho intramolecular Hbond substituents is 1. The summed E-state index contributed by atoms with van der Waals surface area (Å²) in [6.07, 6.45) is -4.44. The first kappa shape index (κ1) is 16.8. The van der Waals surface area contributed by atoms with E-state index in [-0.39, 0.29) is 11.8 Å². The van der Waals surface area contributed by atoms with E-state index in [0.717, 1.165) is 23.3 Å². The molecule has 1 saturated heterocycles. The van der Waals surface area contributed by atoms with E-state index >= 15 is 0 Å². The zero-order valence-electron chi connectivity index (χ0n) is 12.9. The maximum absolute atomic E-state index is 12.7. The Morgan fingerprint density at radius 1 is 1.04 bits per heavy atom. The van der Waals surface area contributed by atoms with Gasteiger partial charge in [-0.2, -0.15) is 13.2 Å². The molecule has 0 radical (unpaired) electrons. The molecule has 0 saturated carbocycles. The van der Waals surface area contributed by atoms with Crippen LogP contribution in [0.15, 0.2) is 48.5 Å². The first-order valence-electron chi connectivity index (χ1n) is 7.71. The highest BCUT2D eigenvalue weighted by atomic mass is 19.4. The maximum Gasteiger partial charge on any atom is 0.416 e. The van der Waals surface area contributed by atoms with Crippen LogP contribution in [0.4, 0.5) is 13.2 Å². The quantitative estimate of drug-likeness (QED) is 0.897. The fourth-order valence-electron chi connectivity index (χ4n) is 3.16. The number of aliphatic hydroxyl groups excluding tert-OH is 1. The fraction of sp³-hybridized carbons (Fsp3) is 0.333. The largest absolute Gasteiger partial charge is 0.508 e. The summed E-state index contributed by atoms with van der Waals surface area (Å²) >= 11 is 0. The summed E-state index contributed by atoms with van der Waals surface area (Å²) in [5, 5.41) is 19.9. The zero-order chi connectivity index (χ0) is 17.3. The monoisotopic (exact) mass is 337 g/mol. The summed E-state index contributed by atoms with van der Waals surface area (Å²) in [6, 6.07) is 11.8. The molecule has 128 valence electrons. The van der Waals surface area contributed by atoms with Crippen molar-refractivity contribution in [2.75, 3.05) is 6.54 Å². The van der Waals surface area contributed by atoms with Gasteiger partial charge in [0.25, 0.3) is 0 Å². The third-order valence-electron chi connectivity index (χ3n) is 4.37. The summed E-state index contributed by atoms with van der Waals surface area (Å²) < 4.78 is 38.1. The molecule has 1 heterocycles. The van der Waals surface area contributed by atoms with Gasteiger partial charge in [0.1, 0.15) is 5.75 Å². The smallest absolute Gasteiger partial charge is 0.416 e. The minimum absolute atomic E-state index is 0.171. The lowest BCUT2D eigenvalue weighted by Crippen LogP contribution is -2.24. The van der Waals surface area contributed by atoms with Crippen LogP contribution in [0.5, 0.6) is 5.75 Å². The minimum Gasteiger partial charge on any atom is -0.508 e. The lowest BCUT2D eigenvalue weighted by Gasteiger charge is -2.25. The number of benzene rings is 2. The second-order valence-electron chi connectivity index (χ2n) is 6.08. The second kappa shape index (κ2) is 6.45. The Balaban J connectivity index is 1.82. The number of aromatic hydroxyl groups is 1. The van der Waals surface area contributed by atoms with Gasteiger partial charge in [-0.25, -0.2) is 0 Å². The molecule has 3 rings (SSSR count). The number of phenols is 1. The third-order valence-corrected chi connectivity index (χ3v) is 4.37. The normalized spacial score (nSPS) is 22.0. The van der Waals surface area contributed by atoms with E-state index in [1.807, 2.05) is 11.0 Å². The summed E-state index contributed by atoms with van der Waals surface area (Å²) in [6.45, 7) is 0.843. The number of para-hydroxylation sites is 1. The number of hydrogen-bond acceptors (Lipinski definition) is 3. The Morgan fingerprint density at radius 2 is 1.71 bits per heavy atom. The van der Waals surface area contributed by atoms with E-state index < -0.39 is 17.8 Å². The van der Waals surface area contributed by atoms with Gasteiger partial charge in [-0.1, -0.05) is 30.3 Å². The summed E-state index contributed by atoms with van der Waals surface area (Å²) in [5.41, 5.74) is 0.774. The molecule has 24 heavy (non-hydrogen) atoms. The Kier molecular flexibility index (Phi) is 4.51. The molecule has 2 aromatic rings. The van der Waals surface area contributed by atoms with Crippen molar-refractivity contribution in [2.24, 2.45) is 0 Å². The lowest BCUT2D eigenvalue weighted by atomic mass is 10.0. The van der Waals surface area contributed by atoms with E-state index in [9.17, 15) is 23.4 Å². The number of alkyl halides is 3. The predicted molar refractivity (Wildman–Crippen MR) is 83.3 cm³/mol. The molecule has 6 heteroatoms. The topological polar surface area (TPSA) is 43.7 Å². The van der Waals surface area contributed by atoms with Gasteiger partial charge >= 0.3 is 6.18 Å². The maximum atomic E-state index is 12.7. The average molecular weight is 337 g/mol. The first-order valence-corrected chi connectivity index (χ1v) is 7.71. The van der Waals surface area contributed by atoms with Gasteiger partial charge in [-0.15, -0.1) is 0 Å². The standard InChI is InChI=1S/C18H18F3NO2/c19-18(20,21)14-7-5-12(6-8-14)16-9-15(23)11-22(16)10-13-3-1-2-4-17(13)24/h1-8,15-16,23-24H,9-11H2. The fourth-order valence-corrected chi connectivity index (χ4v) is 3.16. The average Bonchev–Trinajstić information content (AvgIpc) is 2.89. The predicted octanol–water partition coefficient (Wildman–Crippen LogP) is 3.72. The van der Waals surface area contributed by atoms with Crippen molar-refractivity contribution in [3.05, 3.63) is 65.2 Å². The molecule has 2 N–H and O–H groups in total. The number of halogens is 3. The molecular formula is C18H18F3NO2. The van der Waals surface area contributed by atoms with Crippen LogP contribution in [0.3, 0.4) is 0 Å². The number of likely N-dealkylation sites (tertiary alicyclic amines) is 1. The summed E-state index contributed by atoms with van der Waals surface area (Å²) in [4.78, 5) is 1.97. The third kappa shape index (κ3) is 3.55. The van der Waals surface area contributed by atoms with Crippen molar-refractivity contribution >= 4 is 0 Å². The Hall–Kier alpha value is -2.05. The molecule has 2 atom stereocenters. The van der Waals surface area contributed by atoms with Gasteiger partial charge < -0.3 is 10.2 Å². The van der Waals surface area contributed by atoms with Crippen LogP contribution < -0.4 is 0 Å². The van der Waals surface area contributed by atoms with Crippen LogP contribution >= 0.6 is 0 Å². The van der Waals surface area contributed by atoms with Gasteiger partial charge in [0.15, 0.2) is 0 Å². The molecule has 0 bridgehead atoms. The van der Waals surface area contributed by atoms with E-state index in [0.29, 0.717) is 19.5 Å². The van der Waals surface area contributed by atoms with Crippen molar-refractivity contribution in [3.8, 4) is 5.75 Å². The number of nitrogens with zero attached hydrogens (tertiary/aromatic N) is 1. The van der Waals surface area contributed by atoms with Crippen molar-refractivity contribution in [3.63, 3.8) is 0 Å². The molecular weight excluding hydrogens is 319 g/mol. The highest BCUT2D eigenvalue weighted by Gasteiger charge is 2.34. The molecule has 2 aromatic carbocycles. The molecule has 2 unspecified atom stereocenters. The molecule has 0 spiro atoms. The molecule has 1 fully saturated rings. The van der Waals surface area contributed by atoms with E-state index in [2.05, 4.69) is 0 Å². The number of aliphatic hydroxyl groups is 1. The summed E-state index contributed by atoms with van der Waals surface area (Å²) in [7, 11) is 0. The molecule has 0 aromatic heterocycles. The molecule has 3 nitrogen and oxygen atoms in total. The van der Waals surface area contributed by atoms with Gasteiger partial charge in [0, 0.05) is 24.7 Å². The molecule has 1 aliphatic rings. The van der Waals surface area contributed by atoms with Crippen LogP contribution in [-0.4, -0.2) is 27.8 Å². The Bertz CT molecular complexity index is 700. The van der Waals surface area contributed by atoms with Crippen molar-refractivity contribution in [2.45, 2.75) is 31.3 Å². The summed E-state index contributed by atoms with van der Waals surface area (Å²) in [5.74, 6) is 0.171. The minimum atomic E-state index is -4.36. The lowest BCUT2D eigenvalue weighted by molar-refractivity contribution is -0.137. The molecule has 0 aliphatic carbocycles. The first-order chi connectivity index (χ1) is 11.3. The van der Waals surface area contributed by atoms with Crippen LogP contribution in [0.2, 0.25) is 0 Å². The van der Waals surface area contributed by atoms with Gasteiger partial charge in [0.05, 0.1) is 11.7 Å². The van der Waals surface area contributed by atoms with E-state index in [1.165, 1.54) is 12.1 Å². The molecule has 1 aliphatic heterocycles. The van der Waals surface area contributed by atoms with Crippen LogP contribution in [-0.2, 0) is 12.7 Å². The van der Waals surface area contributed by atoms with E-state index in [1.54, 1.807) is 18.2 Å². The number of rotatable bonds is 3. The SMILES string of the molecule is Oc1ccccc1CN1CC(O)CC1c1ccc(C(F)(F)F)cc1. The second-order valence-corrected chi connectivity index (χ2v) is 6.08. The van der Waals surface area contributed by atoms with E-state index in [4.69, 9.17) is 0 Å². The van der Waals surface area contributed by atoms with Gasteiger partial charge in [-0.05, 0) is 30.2 Å². The van der Waals surface area contributed by atoms with Crippen LogP contribution in [0, 0.1) is 0 Å². The van der Waals surface area contributed by atoms with Gasteiger partial charge in [-0.3, -0.25) is 4.90 Å². The number of hydrogen-bond donors (Lipinski definition) is 2. The zero-order valence-corrected chi connectivity index (χ0v) is 12.9. The van der Waals surface area contributed by atoms with Crippen molar-refractivity contribution in [1.29, 1.82) is 0 Å². The Labute approximate surface area is 138 Å². The van der Waals surface area contributed by atoms with Crippen molar-refractivity contribution < 1.29 is 23.4 Å². The number of β-amino-alcohol motifs (C(OH)–C–C–N with tert-alkyl or cyclic N) is 1. The van der Waals surface area contributed by atoms with Crippen LogP contribution in [0.25, 0.3) is 0 Å². The Morgan fingerprint density at radius 3 is 2.33 bits per heavy atom. The van der Waals surface area contributed by atoms with Gasteiger partial charge in [0.2, 0.25) is 0 Å². The highest BCUT2D eigenvalue weighted by molar-refractivity contribution is 5.33. The van der Waals surface area contributed by atoms with Crippen molar-refractivity contribution in [1.82, 2.24) is 4.90 Å². The van der Waals surface area contributed by atoms with Crippen LogP contribution in [0.1, 0.15) is 29.2 Å². The highest BCUT2D eigenvalue weighted by Crippen LogP contribution is 2.36.